The summed E-state index contributed by atoms with van der Waals surface area (Å²) in [4.78, 5) is 23.0. The number of carbonyl (C=O) groups excluding carboxylic acids is 2. The Morgan fingerprint density at radius 1 is 1.33 bits per heavy atom. The summed E-state index contributed by atoms with van der Waals surface area (Å²) in [6.45, 7) is 9.71. The molecule has 0 aliphatic rings. The lowest BCUT2D eigenvalue weighted by molar-refractivity contribution is -0.111. The fourth-order valence-electron chi connectivity index (χ4n) is 1.81. The summed E-state index contributed by atoms with van der Waals surface area (Å²) >= 11 is 0. The number of benzene rings is 1. The predicted molar refractivity (Wildman–Crippen MR) is 97.8 cm³/mol. The van der Waals surface area contributed by atoms with Gasteiger partial charge < -0.3 is 20.1 Å². The molecule has 0 atom stereocenters. The van der Waals surface area contributed by atoms with E-state index in [0.29, 0.717) is 31.0 Å². The van der Waals surface area contributed by atoms with E-state index in [-0.39, 0.29) is 5.91 Å². The quantitative estimate of drug-likeness (QED) is 0.449. The number of hydrogen-bond acceptors (Lipinski definition) is 4. The molecular weight excluding hydrogens is 307 g/mol. The molecule has 1 rings (SSSR count). The van der Waals surface area contributed by atoms with E-state index in [2.05, 4.69) is 17.2 Å². The van der Waals surface area contributed by atoms with Crippen molar-refractivity contribution in [3.63, 3.8) is 0 Å². The smallest absolute Gasteiger partial charge is 0.407 e. The first-order valence-corrected chi connectivity index (χ1v) is 7.85. The minimum Gasteiger partial charge on any atom is -0.491 e. The third kappa shape index (κ3) is 7.71. The number of rotatable bonds is 7. The summed E-state index contributed by atoms with van der Waals surface area (Å²) < 4.78 is 10.8. The number of carbonyl (C=O) groups is 2. The van der Waals surface area contributed by atoms with Gasteiger partial charge in [0, 0.05) is 6.54 Å². The van der Waals surface area contributed by atoms with Crippen LogP contribution < -0.4 is 20.8 Å². The molecule has 0 saturated heterocycles. The minimum atomic E-state index is -0.513. The molecule has 130 valence electrons. The highest BCUT2D eigenvalue weighted by molar-refractivity contribution is 6.32. The van der Waals surface area contributed by atoms with E-state index in [9.17, 15) is 9.59 Å². The number of anilines is 1. The van der Waals surface area contributed by atoms with E-state index in [1.165, 1.54) is 6.08 Å². The van der Waals surface area contributed by atoms with Crippen LogP contribution in [0.5, 0.6) is 5.75 Å². The lowest BCUT2D eigenvalue weighted by Gasteiger charge is -2.19. The van der Waals surface area contributed by atoms with Crippen LogP contribution in [-0.2, 0) is 9.53 Å². The van der Waals surface area contributed by atoms with Crippen molar-refractivity contribution in [3.8, 4) is 5.75 Å². The molecule has 0 aromatic heterocycles. The molecule has 2 amide bonds. The third-order valence-corrected chi connectivity index (χ3v) is 2.83. The molecule has 0 saturated carbocycles. The largest absolute Gasteiger partial charge is 0.491 e. The Morgan fingerprint density at radius 3 is 2.67 bits per heavy atom. The van der Waals surface area contributed by atoms with Gasteiger partial charge in [0.25, 0.3) is 0 Å². The maximum Gasteiger partial charge on any atom is 0.407 e. The van der Waals surface area contributed by atoms with E-state index in [4.69, 9.17) is 9.47 Å². The second kappa shape index (κ2) is 9.01. The first kappa shape index (κ1) is 19.6. The van der Waals surface area contributed by atoms with Crippen molar-refractivity contribution in [2.24, 2.45) is 0 Å². The summed E-state index contributed by atoms with van der Waals surface area (Å²) in [6, 6.07) is 5.53. The molecule has 0 fully saturated rings. The average molecular weight is 332 g/mol. The van der Waals surface area contributed by atoms with Gasteiger partial charge in [0.15, 0.2) is 0 Å². The van der Waals surface area contributed by atoms with E-state index >= 15 is 0 Å². The Bertz CT molecular complexity index is 597. The van der Waals surface area contributed by atoms with Crippen LogP contribution in [-0.4, -0.2) is 38.6 Å². The molecule has 24 heavy (non-hydrogen) atoms. The van der Waals surface area contributed by atoms with Crippen molar-refractivity contribution in [3.05, 3.63) is 30.9 Å². The normalized spacial score (nSPS) is 10.6. The zero-order valence-corrected chi connectivity index (χ0v) is 14.8. The highest BCUT2D eigenvalue weighted by Crippen LogP contribution is 2.22. The van der Waals surface area contributed by atoms with Crippen LogP contribution in [0, 0.1) is 0 Å². The maximum atomic E-state index is 11.5. The SMILES string of the molecule is Bc1ccc(OCCCNC(=O)OC(C)(C)C)c(NC(=O)C=C)c1. The Labute approximate surface area is 144 Å². The van der Waals surface area contributed by atoms with E-state index in [1.807, 2.05) is 40.8 Å². The van der Waals surface area contributed by atoms with Crippen LogP contribution in [0.2, 0.25) is 0 Å². The van der Waals surface area contributed by atoms with Gasteiger partial charge in [-0.05, 0) is 45.4 Å². The van der Waals surface area contributed by atoms with Gasteiger partial charge in [0.05, 0.1) is 12.3 Å². The number of ether oxygens (including phenoxy) is 2. The average Bonchev–Trinajstić information content (AvgIpc) is 2.46. The Hall–Kier alpha value is -2.44. The molecule has 0 radical (unpaired) electrons. The van der Waals surface area contributed by atoms with Gasteiger partial charge in [-0.3, -0.25) is 4.79 Å². The van der Waals surface area contributed by atoms with Gasteiger partial charge >= 0.3 is 6.09 Å². The van der Waals surface area contributed by atoms with Crippen molar-refractivity contribution < 1.29 is 19.1 Å². The zero-order chi connectivity index (χ0) is 18.2. The Balaban J connectivity index is 2.43. The maximum absolute atomic E-state index is 11.5. The molecular formula is C17H25BN2O4. The van der Waals surface area contributed by atoms with Crippen LogP contribution >= 0.6 is 0 Å². The third-order valence-electron chi connectivity index (χ3n) is 2.83. The number of hydrogen-bond donors (Lipinski definition) is 2. The van der Waals surface area contributed by atoms with Crippen LogP contribution in [0.3, 0.4) is 0 Å². The number of nitrogens with one attached hydrogen (secondary N) is 2. The summed E-state index contributed by atoms with van der Waals surface area (Å²) in [7, 11) is 1.93. The van der Waals surface area contributed by atoms with Crippen molar-refractivity contribution >= 4 is 31.0 Å². The Kier molecular flexibility index (Phi) is 7.36. The van der Waals surface area contributed by atoms with Gasteiger partial charge in [-0.1, -0.05) is 18.1 Å². The molecule has 0 heterocycles. The van der Waals surface area contributed by atoms with E-state index in [0.717, 1.165) is 5.46 Å². The zero-order valence-electron chi connectivity index (χ0n) is 14.8. The summed E-state index contributed by atoms with van der Waals surface area (Å²) in [5.74, 6) is 0.283. The van der Waals surface area contributed by atoms with Crippen molar-refractivity contribution in [2.75, 3.05) is 18.5 Å². The minimum absolute atomic E-state index is 0.294. The van der Waals surface area contributed by atoms with E-state index < -0.39 is 11.7 Å². The fourth-order valence-corrected chi connectivity index (χ4v) is 1.81. The van der Waals surface area contributed by atoms with Gasteiger partial charge in [0.1, 0.15) is 19.2 Å². The molecule has 0 unspecified atom stereocenters. The standard InChI is InChI=1S/C17H25BN2O4/c1-5-15(21)20-13-11-12(18)7-8-14(13)23-10-6-9-19-16(22)24-17(2,3)4/h5,7-8,11H,1,6,9-10,18H2,2-4H3,(H,19,22)(H,20,21). The van der Waals surface area contributed by atoms with Crippen LogP contribution in [0.4, 0.5) is 10.5 Å². The van der Waals surface area contributed by atoms with Crippen molar-refractivity contribution in [1.82, 2.24) is 5.32 Å². The van der Waals surface area contributed by atoms with Gasteiger partial charge in [0.2, 0.25) is 5.91 Å². The van der Waals surface area contributed by atoms with Crippen molar-refractivity contribution in [2.45, 2.75) is 32.8 Å². The lowest BCUT2D eigenvalue weighted by atomic mass is 9.95. The highest BCUT2D eigenvalue weighted by atomic mass is 16.6. The van der Waals surface area contributed by atoms with Crippen molar-refractivity contribution in [1.29, 1.82) is 0 Å². The predicted octanol–water partition coefficient (Wildman–Crippen LogP) is 1.36. The highest BCUT2D eigenvalue weighted by Gasteiger charge is 2.15. The molecule has 0 bridgehead atoms. The summed E-state index contributed by atoms with van der Waals surface area (Å²) in [5, 5.41) is 5.38. The van der Waals surface area contributed by atoms with Gasteiger partial charge in [-0.15, -0.1) is 0 Å². The molecule has 7 heteroatoms. The van der Waals surface area contributed by atoms with E-state index in [1.54, 1.807) is 6.07 Å². The first-order chi connectivity index (χ1) is 11.2. The molecule has 0 aliphatic carbocycles. The lowest BCUT2D eigenvalue weighted by Crippen LogP contribution is -2.33. The molecule has 2 N–H and O–H groups in total. The van der Waals surface area contributed by atoms with Crippen LogP contribution in [0.25, 0.3) is 0 Å². The fraction of sp³-hybridized carbons (Fsp3) is 0.412. The molecule has 0 spiro atoms. The van der Waals surface area contributed by atoms with Gasteiger partial charge in [-0.2, -0.15) is 0 Å². The van der Waals surface area contributed by atoms with Crippen LogP contribution in [0.15, 0.2) is 30.9 Å². The van der Waals surface area contributed by atoms with Gasteiger partial charge in [-0.25, -0.2) is 4.79 Å². The molecule has 0 aliphatic heterocycles. The monoisotopic (exact) mass is 332 g/mol. The first-order valence-electron chi connectivity index (χ1n) is 7.85. The molecule has 1 aromatic rings. The summed E-state index contributed by atoms with van der Waals surface area (Å²) in [5.41, 5.74) is 1.09. The summed E-state index contributed by atoms with van der Waals surface area (Å²) in [6.07, 6.45) is 1.37. The molecule has 6 nitrogen and oxygen atoms in total. The van der Waals surface area contributed by atoms with Crippen LogP contribution in [0.1, 0.15) is 27.2 Å². The molecule has 1 aromatic carbocycles. The second-order valence-corrected chi connectivity index (χ2v) is 6.32. The number of amides is 2. The Morgan fingerprint density at radius 2 is 2.04 bits per heavy atom. The second-order valence-electron chi connectivity index (χ2n) is 6.32. The number of alkyl carbamates (subject to hydrolysis) is 1. The topological polar surface area (TPSA) is 76.7 Å².